The highest BCUT2D eigenvalue weighted by molar-refractivity contribution is 5.57. The molecule has 2 unspecified atom stereocenters. The predicted molar refractivity (Wildman–Crippen MR) is 82.9 cm³/mol. The molecule has 0 spiro atoms. The van der Waals surface area contributed by atoms with Gasteiger partial charge in [0.05, 0.1) is 6.10 Å². The molecule has 2 aromatic rings. The van der Waals surface area contributed by atoms with Crippen molar-refractivity contribution < 1.29 is 40.5 Å². The van der Waals surface area contributed by atoms with Gasteiger partial charge in [-0.2, -0.15) is 0 Å². The molecule has 2 atom stereocenters. The SMILES string of the molecule is COC1C(c2c(O)cc(O)cc2O)C([O-])C1c1c(O)cc(O)cc1O. The third kappa shape index (κ3) is 2.55. The number of ether oxygens (including phenoxy) is 1. The van der Waals surface area contributed by atoms with Gasteiger partial charge in [-0.1, -0.05) is 0 Å². The lowest BCUT2D eigenvalue weighted by Gasteiger charge is -2.56. The Labute approximate surface area is 142 Å². The van der Waals surface area contributed by atoms with E-state index >= 15 is 0 Å². The first-order valence-electron chi connectivity index (χ1n) is 7.44. The van der Waals surface area contributed by atoms with Crippen LogP contribution in [0.25, 0.3) is 0 Å². The van der Waals surface area contributed by atoms with Crippen LogP contribution >= 0.6 is 0 Å². The lowest BCUT2D eigenvalue weighted by molar-refractivity contribution is -0.463. The molecular weight excluding hydrogens is 332 g/mol. The third-order valence-corrected chi connectivity index (χ3v) is 4.60. The molecule has 1 aliphatic rings. The van der Waals surface area contributed by atoms with Gasteiger partial charge >= 0.3 is 0 Å². The van der Waals surface area contributed by atoms with Crippen LogP contribution in [0.1, 0.15) is 23.0 Å². The summed E-state index contributed by atoms with van der Waals surface area (Å²) in [5.41, 5.74) is -0.141. The van der Waals surface area contributed by atoms with Gasteiger partial charge in [0.15, 0.2) is 0 Å². The second-order valence-electron chi connectivity index (χ2n) is 6.01. The van der Waals surface area contributed by atoms with Crippen LogP contribution < -0.4 is 5.11 Å². The minimum absolute atomic E-state index is 0.0707. The first kappa shape index (κ1) is 17.0. The van der Waals surface area contributed by atoms with Crippen molar-refractivity contribution in [2.45, 2.75) is 24.0 Å². The zero-order valence-electron chi connectivity index (χ0n) is 13.1. The number of aromatic hydroxyl groups is 6. The molecule has 0 heterocycles. The lowest BCUT2D eigenvalue weighted by atomic mass is 9.62. The Balaban J connectivity index is 2.04. The molecule has 0 radical (unpaired) electrons. The number of hydrogen-bond acceptors (Lipinski definition) is 8. The zero-order valence-corrected chi connectivity index (χ0v) is 13.1. The van der Waals surface area contributed by atoms with E-state index in [1.54, 1.807) is 0 Å². The molecule has 25 heavy (non-hydrogen) atoms. The molecular formula is C17H17O8-. The van der Waals surface area contributed by atoms with Crippen LogP contribution in [0.4, 0.5) is 0 Å². The molecule has 0 bridgehead atoms. The number of benzene rings is 2. The predicted octanol–water partition coefficient (Wildman–Crippen LogP) is 0.545. The van der Waals surface area contributed by atoms with Gasteiger partial charge in [0.1, 0.15) is 34.5 Å². The Bertz CT molecular complexity index is 707. The highest BCUT2D eigenvalue weighted by Gasteiger charge is 2.49. The second-order valence-corrected chi connectivity index (χ2v) is 6.01. The average Bonchev–Trinajstić information content (AvgIpc) is 2.49. The molecule has 6 N–H and O–H groups in total. The van der Waals surface area contributed by atoms with E-state index in [-0.39, 0.29) is 22.6 Å². The summed E-state index contributed by atoms with van der Waals surface area (Å²) in [4.78, 5) is 0. The molecule has 3 rings (SSSR count). The normalized spacial score (nSPS) is 25.5. The monoisotopic (exact) mass is 349 g/mol. The van der Waals surface area contributed by atoms with Crippen LogP contribution in [0.15, 0.2) is 24.3 Å². The molecule has 8 nitrogen and oxygen atoms in total. The van der Waals surface area contributed by atoms with E-state index in [4.69, 9.17) is 4.74 Å². The van der Waals surface area contributed by atoms with Crippen LogP contribution in [0.3, 0.4) is 0 Å². The van der Waals surface area contributed by atoms with Crippen molar-refractivity contribution in [1.29, 1.82) is 0 Å². The minimum atomic E-state index is -1.47. The van der Waals surface area contributed by atoms with Gasteiger partial charge in [0, 0.05) is 54.3 Å². The summed E-state index contributed by atoms with van der Waals surface area (Å²) in [6.07, 6.45) is -2.32. The molecule has 8 heteroatoms. The largest absolute Gasteiger partial charge is 0.851 e. The van der Waals surface area contributed by atoms with Crippen molar-refractivity contribution in [3.63, 3.8) is 0 Å². The molecule has 134 valence electrons. The van der Waals surface area contributed by atoms with Gasteiger partial charge in [0.2, 0.25) is 0 Å². The summed E-state index contributed by atoms with van der Waals surface area (Å²) in [7, 11) is 1.32. The molecule has 1 aliphatic carbocycles. The maximum atomic E-state index is 12.7. The average molecular weight is 349 g/mol. The number of methoxy groups -OCH3 is 1. The van der Waals surface area contributed by atoms with E-state index in [0.717, 1.165) is 24.3 Å². The highest BCUT2D eigenvalue weighted by atomic mass is 16.5. The molecule has 1 fully saturated rings. The Hall–Kier alpha value is -2.84. The van der Waals surface area contributed by atoms with Gasteiger partial charge < -0.3 is 40.5 Å². The fourth-order valence-corrected chi connectivity index (χ4v) is 3.53. The topological polar surface area (TPSA) is 154 Å². The van der Waals surface area contributed by atoms with Gasteiger partial charge in [-0.15, -0.1) is 6.10 Å². The first-order valence-corrected chi connectivity index (χ1v) is 7.44. The van der Waals surface area contributed by atoms with Crippen molar-refractivity contribution in [3.05, 3.63) is 35.4 Å². The van der Waals surface area contributed by atoms with Crippen molar-refractivity contribution in [2.24, 2.45) is 0 Å². The molecule has 1 saturated carbocycles. The van der Waals surface area contributed by atoms with Crippen LogP contribution in [-0.2, 0) is 4.74 Å². The molecule has 2 aromatic carbocycles. The molecule has 0 saturated heterocycles. The Morgan fingerprint density at radius 1 is 0.720 bits per heavy atom. The van der Waals surface area contributed by atoms with Gasteiger partial charge in [-0.3, -0.25) is 0 Å². The van der Waals surface area contributed by atoms with Crippen LogP contribution in [0.5, 0.6) is 34.5 Å². The van der Waals surface area contributed by atoms with E-state index in [1.807, 2.05) is 0 Å². The Morgan fingerprint density at radius 2 is 1.04 bits per heavy atom. The number of phenols is 6. The number of phenolic OH excluding ortho intramolecular Hbond substituents is 6. The van der Waals surface area contributed by atoms with Gasteiger partial charge in [0.25, 0.3) is 0 Å². The second kappa shape index (κ2) is 5.91. The van der Waals surface area contributed by atoms with Crippen molar-refractivity contribution in [1.82, 2.24) is 0 Å². The number of rotatable bonds is 3. The summed E-state index contributed by atoms with van der Waals surface area (Å²) in [5, 5.41) is 71.5. The first-order chi connectivity index (χ1) is 11.8. The van der Waals surface area contributed by atoms with Crippen LogP contribution in [-0.4, -0.2) is 50.0 Å². The van der Waals surface area contributed by atoms with E-state index in [9.17, 15) is 35.7 Å². The Kier molecular flexibility index (Phi) is 4.02. The summed E-state index contributed by atoms with van der Waals surface area (Å²) >= 11 is 0. The number of hydrogen-bond donors (Lipinski definition) is 6. The summed E-state index contributed by atoms with van der Waals surface area (Å²) in [6, 6.07) is 3.99. The van der Waals surface area contributed by atoms with Crippen molar-refractivity contribution >= 4 is 0 Å². The van der Waals surface area contributed by atoms with E-state index < -0.39 is 47.0 Å². The summed E-state index contributed by atoms with van der Waals surface area (Å²) in [6.45, 7) is 0. The third-order valence-electron chi connectivity index (χ3n) is 4.60. The minimum Gasteiger partial charge on any atom is -0.851 e. The van der Waals surface area contributed by atoms with E-state index in [1.165, 1.54) is 7.11 Å². The summed E-state index contributed by atoms with van der Waals surface area (Å²) < 4.78 is 5.30. The maximum Gasteiger partial charge on any atom is 0.126 e. The standard InChI is InChI=1S/C17H17O8/c1-25-17-14(12-8(20)2-6(18)3-9(12)21)16(24)15(17)13-10(22)4-7(19)5-11(13)23/h2-5,14-23H,1H3/q-1. The van der Waals surface area contributed by atoms with Crippen molar-refractivity contribution in [2.75, 3.05) is 7.11 Å². The summed E-state index contributed by atoms with van der Waals surface area (Å²) in [5.74, 6) is -4.48. The van der Waals surface area contributed by atoms with Crippen LogP contribution in [0, 0.1) is 0 Å². The molecule has 0 amide bonds. The quantitative estimate of drug-likeness (QED) is 0.469. The van der Waals surface area contributed by atoms with Gasteiger partial charge in [-0.25, -0.2) is 0 Å². The van der Waals surface area contributed by atoms with Crippen LogP contribution in [0.2, 0.25) is 0 Å². The zero-order chi connectivity index (χ0) is 18.5. The maximum absolute atomic E-state index is 12.7. The molecule has 0 aliphatic heterocycles. The smallest absolute Gasteiger partial charge is 0.126 e. The fourth-order valence-electron chi connectivity index (χ4n) is 3.53. The van der Waals surface area contributed by atoms with Gasteiger partial charge in [-0.05, 0) is 0 Å². The van der Waals surface area contributed by atoms with E-state index in [0.29, 0.717) is 0 Å². The lowest BCUT2D eigenvalue weighted by Crippen LogP contribution is -2.59. The fraction of sp³-hybridized carbons (Fsp3) is 0.294. The van der Waals surface area contributed by atoms with Crippen molar-refractivity contribution in [3.8, 4) is 34.5 Å². The highest BCUT2D eigenvalue weighted by Crippen LogP contribution is 2.56. The molecule has 0 aromatic heterocycles. The Morgan fingerprint density at radius 3 is 1.32 bits per heavy atom. The van der Waals surface area contributed by atoms with E-state index in [2.05, 4.69) is 0 Å².